The van der Waals surface area contributed by atoms with Crippen LogP contribution in [0.3, 0.4) is 0 Å². The summed E-state index contributed by atoms with van der Waals surface area (Å²) in [7, 11) is 0. The minimum atomic E-state index is -0.000706. The van der Waals surface area contributed by atoms with E-state index in [1.165, 1.54) is 0 Å². The number of nitrogens with zero attached hydrogens (tertiary/aromatic N) is 4. The van der Waals surface area contributed by atoms with Crippen LogP contribution in [0.4, 0.5) is 17.6 Å². The molecule has 0 spiro atoms. The lowest BCUT2D eigenvalue weighted by Gasteiger charge is -2.12. The summed E-state index contributed by atoms with van der Waals surface area (Å²) >= 11 is 0. The number of anilines is 3. The quantitative estimate of drug-likeness (QED) is 0.424. The van der Waals surface area contributed by atoms with Gasteiger partial charge in [-0.2, -0.15) is 9.97 Å². The molecule has 2 aromatic heterocycles. The highest BCUT2D eigenvalue weighted by atomic mass is 16.1. The third-order valence-corrected chi connectivity index (χ3v) is 5.77. The molecule has 4 aromatic rings. The Hall–Kier alpha value is -4.40. The molecule has 6 N–H and O–H groups in total. The van der Waals surface area contributed by atoms with Crippen LogP contribution < -0.4 is 17.2 Å². The molecule has 5 rings (SSSR count). The van der Waals surface area contributed by atoms with Crippen molar-refractivity contribution in [1.82, 2.24) is 19.9 Å². The molecule has 2 aromatic carbocycles. The maximum Gasteiger partial charge on any atom is 0.224 e. The van der Waals surface area contributed by atoms with Crippen molar-refractivity contribution in [3.8, 4) is 22.4 Å². The van der Waals surface area contributed by atoms with Crippen molar-refractivity contribution in [2.75, 3.05) is 17.2 Å². The normalized spacial score (nSPS) is 14.1. The SMILES string of the molecule is Nc1nc(N)c2nc(-c3ccc(-c4ccc5cc4C(=O)CCCCC5=O)cc3)c(N)nc2n1. The first kappa shape index (κ1) is 20.5. The standard InChI is InChI=1S/C24H21N7O2/c25-21-19(28-20-22(26)30-24(27)31-23(20)29-21)13-7-5-12(6-8-13)15-10-9-14-11-16(15)18(33)4-2-1-3-17(14)32/h5-11H,1-4H2,(H6,25,26,27,29,30,31). The minimum absolute atomic E-state index is 0.000706. The number of rotatable bonds is 2. The van der Waals surface area contributed by atoms with E-state index in [9.17, 15) is 9.59 Å². The van der Waals surface area contributed by atoms with Gasteiger partial charge in [0.1, 0.15) is 5.69 Å². The van der Waals surface area contributed by atoms with Gasteiger partial charge in [0.05, 0.1) is 0 Å². The number of Topliss-reactive ketones (excluding diaryl/α,β-unsaturated/α-hetero) is 2. The minimum Gasteiger partial charge on any atom is -0.382 e. The van der Waals surface area contributed by atoms with Gasteiger partial charge in [-0.25, -0.2) is 9.97 Å². The van der Waals surface area contributed by atoms with Crippen LogP contribution in [0.2, 0.25) is 0 Å². The van der Waals surface area contributed by atoms with E-state index in [4.69, 9.17) is 17.2 Å². The zero-order chi connectivity index (χ0) is 23.1. The zero-order valence-corrected chi connectivity index (χ0v) is 17.7. The Morgan fingerprint density at radius 2 is 1.30 bits per heavy atom. The molecule has 2 heterocycles. The van der Waals surface area contributed by atoms with E-state index in [-0.39, 0.29) is 34.8 Å². The average Bonchev–Trinajstić information content (AvgIpc) is 2.85. The third-order valence-electron chi connectivity index (χ3n) is 5.77. The molecule has 0 saturated heterocycles. The van der Waals surface area contributed by atoms with Crippen molar-refractivity contribution in [2.45, 2.75) is 25.7 Å². The summed E-state index contributed by atoms with van der Waals surface area (Å²) in [6.07, 6.45) is 2.33. The lowest BCUT2D eigenvalue weighted by atomic mass is 9.92. The van der Waals surface area contributed by atoms with E-state index >= 15 is 0 Å². The van der Waals surface area contributed by atoms with Gasteiger partial charge in [0.15, 0.2) is 34.4 Å². The van der Waals surface area contributed by atoms with Gasteiger partial charge in [0.2, 0.25) is 5.95 Å². The maximum atomic E-state index is 12.8. The number of carbonyl (C=O) groups excluding carboxylic acids is 2. The molecule has 33 heavy (non-hydrogen) atoms. The van der Waals surface area contributed by atoms with Crippen LogP contribution in [-0.4, -0.2) is 31.5 Å². The topological polar surface area (TPSA) is 164 Å². The van der Waals surface area contributed by atoms with E-state index in [2.05, 4.69) is 19.9 Å². The molecule has 2 bridgehead atoms. The number of benzene rings is 2. The number of hydrogen-bond acceptors (Lipinski definition) is 9. The number of aromatic nitrogens is 4. The molecule has 0 saturated carbocycles. The molecule has 0 unspecified atom stereocenters. The van der Waals surface area contributed by atoms with E-state index < -0.39 is 0 Å². The predicted molar refractivity (Wildman–Crippen MR) is 126 cm³/mol. The first-order valence-electron chi connectivity index (χ1n) is 10.6. The predicted octanol–water partition coefficient (Wildman–Crippen LogP) is 3.44. The molecular formula is C24H21N7O2. The molecular weight excluding hydrogens is 418 g/mol. The first-order valence-corrected chi connectivity index (χ1v) is 10.6. The average molecular weight is 439 g/mol. The lowest BCUT2D eigenvalue weighted by molar-refractivity contribution is 0.0962. The summed E-state index contributed by atoms with van der Waals surface area (Å²) in [5.74, 6) is 0.426. The number of nitrogen functional groups attached to an aromatic ring is 3. The number of nitrogens with two attached hydrogens (primary N) is 3. The van der Waals surface area contributed by atoms with E-state index in [0.717, 1.165) is 23.1 Å². The molecule has 1 aliphatic carbocycles. The van der Waals surface area contributed by atoms with Gasteiger partial charge in [0, 0.05) is 29.5 Å². The Morgan fingerprint density at radius 1 is 0.636 bits per heavy atom. The van der Waals surface area contributed by atoms with Crippen LogP contribution in [0.25, 0.3) is 33.5 Å². The van der Waals surface area contributed by atoms with Gasteiger partial charge < -0.3 is 17.2 Å². The van der Waals surface area contributed by atoms with Crippen LogP contribution in [0, 0.1) is 0 Å². The van der Waals surface area contributed by atoms with Gasteiger partial charge in [-0.3, -0.25) is 9.59 Å². The monoisotopic (exact) mass is 439 g/mol. The Labute approximate surface area is 189 Å². The van der Waals surface area contributed by atoms with Gasteiger partial charge in [0.25, 0.3) is 0 Å². The molecule has 1 aliphatic rings. The van der Waals surface area contributed by atoms with Crippen molar-refractivity contribution in [3.05, 3.63) is 53.6 Å². The zero-order valence-electron chi connectivity index (χ0n) is 17.7. The fourth-order valence-corrected chi connectivity index (χ4v) is 4.07. The lowest BCUT2D eigenvalue weighted by Crippen LogP contribution is -2.06. The molecule has 0 aliphatic heterocycles. The van der Waals surface area contributed by atoms with Crippen molar-refractivity contribution in [2.24, 2.45) is 0 Å². The van der Waals surface area contributed by atoms with Crippen LogP contribution in [0.5, 0.6) is 0 Å². The number of hydrogen-bond donors (Lipinski definition) is 3. The van der Waals surface area contributed by atoms with Crippen molar-refractivity contribution in [1.29, 1.82) is 0 Å². The summed E-state index contributed by atoms with van der Waals surface area (Å²) in [5, 5.41) is 0. The van der Waals surface area contributed by atoms with Crippen LogP contribution >= 0.6 is 0 Å². The van der Waals surface area contributed by atoms with Crippen molar-refractivity contribution in [3.63, 3.8) is 0 Å². The van der Waals surface area contributed by atoms with Gasteiger partial charge in [-0.05, 0) is 30.0 Å². The number of carbonyl (C=O) groups is 2. The second-order valence-corrected chi connectivity index (χ2v) is 7.99. The fourth-order valence-electron chi connectivity index (χ4n) is 4.07. The molecule has 0 radical (unpaired) electrons. The van der Waals surface area contributed by atoms with Crippen LogP contribution in [0.15, 0.2) is 42.5 Å². The number of ketones is 2. The summed E-state index contributed by atoms with van der Waals surface area (Å²) in [6.45, 7) is 0. The Kier molecular flexibility index (Phi) is 4.93. The van der Waals surface area contributed by atoms with E-state index in [0.29, 0.717) is 41.6 Å². The summed E-state index contributed by atoms with van der Waals surface area (Å²) in [6, 6.07) is 12.8. The Bertz CT molecular complexity index is 1430. The van der Waals surface area contributed by atoms with Gasteiger partial charge in [-0.1, -0.05) is 36.4 Å². The van der Waals surface area contributed by atoms with Gasteiger partial charge in [-0.15, -0.1) is 0 Å². The van der Waals surface area contributed by atoms with Crippen molar-refractivity contribution >= 4 is 40.3 Å². The highest BCUT2D eigenvalue weighted by Gasteiger charge is 2.19. The second kappa shape index (κ2) is 7.94. The van der Waals surface area contributed by atoms with Crippen LogP contribution in [0.1, 0.15) is 46.4 Å². The highest BCUT2D eigenvalue weighted by Crippen LogP contribution is 2.32. The molecule has 0 amide bonds. The smallest absolute Gasteiger partial charge is 0.224 e. The first-order chi connectivity index (χ1) is 15.9. The molecule has 0 atom stereocenters. The molecule has 9 heteroatoms. The number of fused-ring (bicyclic) bond motifs is 3. The summed E-state index contributed by atoms with van der Waals surface area (Å²) < 4.78 is 0. The van der Waals surface area contributed by atoms with E-state index in [1.807, 2.05) is 30.3 Å². The highest BCUT2D eigenvalue weighted by molar-refractivity contribution is 6.06. The van der Waals surface area contributed by atoms with E-state index in [1.54, 1.807) is 12.1 Å². The maximum absolute atomic E-state index is 12.8. The molecule has 164 valence electrons. The second-order valence-electron chi connectivity index (χ2n) is 7.99. The fraction of sp³-hybridized carbons (Fsp3) is 0.167. The van der Waals surface area contributed by atoms with Crippen molar-refractivity contribution < 1.29 is 9.59 Å². The molecule has 9 nitrogen and oxygen atoms in total. The molecule has 0 fully saturated rings. The Balaban J connectivity index is 1.56. The summed E-state index contributed by atoms with van der Waals surface area (Å²) in [5.41, 5.74) is 22.2. The third kappa shape index (κ3) is 3.73. The Morgan fingerprint density at radius 3 is 2.06 bits per heavy atom. The van der Waals surface area contributed by atoms with Gasteiger partial charge >= 0.3 is 0 Å². The van der Waals surface area contributed by atoms with Crippen LogP contribution in [-0.2, 0) is 0 Å². The largest absolute Gasteiger partial charge is 0.382 e. The summed E-state index contributed by atoms with van der Waals surface area (Å²) in [4.78, 5) is 41.9.